The number of hydrogen-bond acceptors (Lipinski definition) is 7. The maximum Gasteiger partial charge on any atom is 0.251 e. The van der Waals surface area contributed by atoms with E-state index < -0.39 is 0 Å². The second-order valence-corrected chi connectivity index (χ2v) is 9.23. The van der Waals surface area contributed by atoms with Gasteiger partial charge in [-0.25, -0.2) is 0 Å². The van der Waals surface area contributed by atoms with Gasteiger partial charge in [0.15, 0.2) is 0 Å². The minimum absolute atomic E-state index is 0.0635. The van der Waals surface area contributed by atoms with Crippen LogP contribution in [-0.2, 0) is 18.9 Å². The summed E-state index contributed by atoms with van der Waals surface area (Å²) in [6.07, 6.45) is 5.88. The molecule has 0 aliphatic carbocycles. The Bertz CT molecular complexity index is 829. The Balaban J connectivity index is 1.43. The molecule has 1 atom stereocenters. The number of amides is 1. The van der Waals surface area contributed by atoms with E-state index in [1.54, 1.807) is 6.20 Å². The van der Waals surface area contributed by atoms with Crippen molar-refractivity contribution in [3.63, 3.8) is 0 Å². The van der Waals surface area contributed by atoms with Crippen molar-refractivity contribution in [1.82, 2.24) is 15.1 Å². The zero-order valence-electron chi connectivity index (χ0n) is 21.3. The lowest BCUT2D eigenvalue weighted by atomic mass is 10.1. The van der Waals surface area contributed by atoms with Crippen LogP contribution in [0.5, 0.6) is 0 Å². The van der Waals surface area contributed by atoms with Gasteiger partial charge in [0.05, 0.1) is 58.5 Å². The molecule has 1 aromatic heterocycles. The first kappa shape index (κ1) is 29.3. The molecule has 2 rings (SSSR count). The molecular formula is C26H41N3O5S. The highest BCUT2D eigenvalue weighted by atomic mass is 32.1. The fourth-order valence-corrected chi connectivity index (χ4v) is 3.47. The largest absolute Gasteiger partial charge is 0.379 e. The summed E-state index contributed by atoms with van der Waals surface area (Å²) in [5.41, 5.74) is 1.68. The molecule has 1 unspecified atom stereocenters. The van der Waals surface area contributed by atoms with E-state index in [1.807, 2.05) is 35.1 Å². The van der Waals surface area contributed by atoms with E-state index in [0.717, 1.165) is 29.4 Å². The van der Waals surface area contributed by atoms with Crippen LogP contribution in [0.2, 0.25) is 0 Å². The van der Waals surface area contributed by atoms with Crippen LogP contribution in [0.25, 0.3) is 0 Å². The maximum absolute atomic E-state index is 12.3. The van der Waals surface area contributed by atoms with Gasteiger partial charge in [0.25, 0.3) is 5.91 Å². The summed E-state index contributed by atoms with van der Waals surface area (Å²) >= 11 is 4.29. The molecule has 2 aromatic rings. The summed E-state index contributed by atoms with van der Waals surface area (Å²) in [6.45, 7) is 11.4. The molecular weight excluding hydrogens is 466 g/mol. The van der Waals surface area contributed by atoms with E-state index >= 15 is 0 Å². The molecule has 1 amide bonds. The number of carbonyl (C=O) groups excluding carboxylic acids is 1. The van der Waals surface area contributed by atoms with Gasteiger partial charge < -0.3 is 24.3 Å². The van der Waals surface area contributed by atoms with Gasteiger partial charge in [-0.15, -0.1) is 12.6 Å². The molecule has 0 aliphatic heterocycles. The van der Waals surface area contributed by atoms with Crippen LogP contribution in [-0.4, -0.2) is 75.1 Å². The molecule has 1 aromatic carbocycles. The van der Waals surface area contributed by atoms with Crippen molar-refractivity contribution in [3.8, 4) is 0 Å². The molecule has 1 N–H and O–H groups in total. The first-order chi connectivity index (χ1) is 17.0. The Kier molecular flexibility index (Phi) is 14.7. The number of aromatic nitrogens is 2. The third-order valence-electron chi connectivity index (χ3n) is 5.36. The fraction of sp³-hybridized carbons (Fsp3) is 0.615. The minimum Gasteiger partial charge on any atom is -0.379 e. The fourth-order valence-electron chi connectivity index (χ4n) is 3.30. The first-order valence-electron chi connectivity index (χ1n) is 12.4. The van der Waals surface area contributed by atoms with Gasteiger partial charge in [-0.3, -0.25) is 9.48 Å². The van der Waals surface area contributed by atoms with Crippen molar-refractivity contribution < 1.29 is 23.7 Å². The molecule has 0 fully saturated rings. The molecule has 0 saturated heterocycles. The number of thiol groups is 1. The highest BCUT2D eigenvalue weighted by Gasteiger charge is 2.10. The predicted molar refractivity (Wildman–Crippen MR) is 139 cm³/mol. The van der Waals surface area contributed by atoms with Crippen molar-refractivity contribution in [2.75, 3.05) is 59.4 Å². The molecule has 1 heterocycles. The molecule has 0 bridgehead atoms. The van der Waals surface area contributed by atoms with Gasteiger partial charge in [0, 0.05) is 29.8 Å². The van der Waals surface area contributed by atoms with Gasteiger partial charge in [0.2, 0.25) is 0 Å². The summed E-state index contributed by atoms with van der Waals surface area (Å²) in [5, 5.41) is 7.15. The van der Waals surface area contributed by atoms with Gasteiger partial charge in [0.1, 0.15) is 0 Å². The molecule has 9 heteroatoms. The molecule has 0 aliphatic rings. The SMILES string of the molecule is CC(C)CCCOCCOCCOCCOCCNC(=O)c1ccc(C(C)n2cc(S)cn2)cc1. The van der Waals surface area contributed by atoms with E-state index in [0.29, 0.717) is 58.4 Å². The first-order valence-corrected chi connectivity index (χ1v) is 12.8. The second kappa shape index (κ2) is 17.5. The highest BCUT2D eigenvalue weighted by molar-refractivity contribution is 7.80. The van der Waals surface area contributed by atoms with Crippen molar-refractivity contribution in [2.45, 2.75) is 44.6 Å². The van der Waals surface area contributed by atoms with Crippen molar-refractivity contribution in [3.05, 3.63) is 47.8 Å². The van der Waals surface area contributed by atoms with Crippen LogP contribution in [0.1, 0.15) is 55.6 Å². The van der Waals surface area contributed by atoms with Crippen molar-refractivity contribution in [2.24, 2.45) is 5.92 Å². The normalized spacial score (nSPS) is 12.3. The molecule has 8 nitrogen and oxygen atoms in total. The number of ether oxygens (including phenoxy) is 4. The van der Waals surface area contributed by atoms with Crippen LogP contribution in [0.4, 0.5) is 0 Å². The number of carbonyl (C=O) groups is 1. The third kappa shape index (κ3) is 12.6. The Labute approximate surface area is 215 Å². The number of benzene rings is 1. The molecule has 0 spiro atoms. The van der Waals surface area contributed by atoms with Crippen LogP contribution in [0, 0.1) is 5.92 Å². The Morgan fingerprint density at radius 2 is 1.49 bits per heavy atom. The van der Waals surface area contributed by atoms with Gasteiger partial charge >= 0.3 is 0 Å². The van der Waals surface area contributed by atoms with Crippen LogP contribution in [0.15, 0.2) is 41.6 Å². The summed E-state index contributed by atoms with van der Waals surface area (Å²) in [5.74, 6) is 0.602. The van der Waals surface area contributed by atoms with Crippen LogP contribution >= 0.6 is 12.6 Å². The Morgan fingerprint density at radius 3 is 2.03 bits per heavy atom. The van der Waals surface area contributed by atoms with E-state index in [4.69, 9.17) is 18.9 Å². The molecule has 0 saturated carbocycles. The topological polar surface area (TPSA) is 83.8 Å². The number of rotatable bonds is 19. The predicted octanol–water partition coefficient (Wildman–Crippen LogP) is 4.01. The van der Waals surface area contributed by atoms with Crippen LogP contribution < -0.4 is 5.32 Å². The number of nitrogens with one attached hydrogen (secondary N) is 1. The van der Waals surface area contributed by atoms with E-state index in [-0.39, 0.29) is 11.9 Å². The monoisotopic (exact) mass is 507 g/mol. The van der Waals surface area contributed by atoms with Gasteiger partial charge in [-0.05, 0) is 43.4 Å². The quantitative estimate of drug-likeness (QED) is 0.221. The Morgan fingerprint density at radius 1 is 0.914 bits per heavy atom. The number of hydrogen-bond donors (Lipinski definition) is 2. The third-order valence-corrected chi connectivity index (χ3v) is 5.59. The van der Waals surface area contributed by atoms with E-state index in [1.165, 1.54) is 6.42 Å². The molecule has 35 heavy (non-hydrogen) atoms. The van der Waals surface area contributed by atoms with E-state index in [2.05, 4.69) is 43.8 Å². The van der Waals surface area contributed by atoms with Crippen LogP contribution in [0.3, 0.4) is 0 Å². The summed E-state index contributed by atoms with van der Waals surface area (Å²) in [7, 11) is 0. The van der Waals surface area contributed by atoms with Crippen molar-refractivity contribution >= 4 is 18.5 Å². The minimum atomic E-state index is -0.123. The number of nitrogens with zero attached hydrogens (tertiary/aromatic N) is 2. The van der Waals surface area contributed by atoms with Gasteiger partial charge in [-0.2, -0.15) is 5.10 Å². The average Bonchev–Trinajstić information content (AvgIpc) is 3.29. The lowest BCUT2D eigenvalue weighted by Gasteiger charge is -2.13. The second-order valence-electron chi connectivity index (χ2n) is 8.72. The summed E-state index contributed by atoms with van der Waals surface area (Å²) in [6, 6.07) is 7.59. The lowest BCUT2D eigenvalue weighted by Crippen LogP contribution is -2.27. The smallest absolute Gasteiger partial charge is 0.251 e. The lowest BCUT2D eigenvalue weighted by molar-refractivity contribution is -0.00189. The van der Waals surface area contributed by atoms with Crippen molar-refractivity contribution in [1.29, 1.82) is 0 Å². The summed E-state index contributed by atoms with van der Waals surface area (Å²) in [4.78, 5) is 13.1. The molecule has 0 radical (unpaired) electrons. The van der Waals surface area contributed by atoms with Gasteiger partial charge in [-0.1, -0.05) is 26.0 Å². The molecule has 196 valence electrons. The van der Waals surface area contributed by atoms with E-state index in [9.17, 15) is 4.79 Å². The summed E-state index contributed by atoms with van der Waals surface area (Å²) < 4.78 is 23.8. The Hall–Kier alpha value is -1.91. The average molecular weight is 508 g/mol. The maximum atomic E-state index is 12.3. The highest BCUT2D eigenvalue weighted by Crippen LogP contribution is 2.19. The standard InChI is InChI=1S/C26H41N3O5S/c1-21(2)5-4-11-31-13-15-33-17-18-34-16-14-32-12-10-27-26(30)24-8-6-23(7-9-24)22(3)29-20-25(35)19-28-29/h6-9,19-22,35H,4-5,10-18H2,1-3H3,(H,27,30). The zero-order chi connectivity index (χ0) is 25.3. The zero-order valence-corrected chi connectivity index (χ0v) is 22.2.